The predicted molar refractivity (Wildman–Crippen MR) is 84.8 cm³/mol. The van der Waals surface area contributed by atoms with Crippen LogP contribution in [-0.2, 0) is 12.8 Å². The summed E-state index contributed by atoms with van der Waals surface area (Å²) >= 11 is 0. The SMILES string of the molecule is C/C=C/[C@H](O)[C@H]1CCc2cc(O)c(CC=C(C)C)cc2O1. The fraction of sp³-hybridized carbons (Fsp3) is 0.444. The van der Waals surface area contributed by atoms with Crippen molar-refractivity contribution < 1.29 is 14.9 Å². The van der Waals surface area contributed by atoms with Crippen molar-refractivity contribution in [1.29, 1.82) is 0 Å². The van der Waals surface area contributed by atoms with E-state index in [1.165, 1.54) is 5.57 Å². The first-order valence-electron chi connectivity index (χ1n) is 7.47. The van der Waals surface area contributed by atoms with Crippen molar-refractivity contribution in [3.8, 4) is 11.5 Å². The second-order valence-corrected chi connectivity index (χ2v) is 5.79. The number of aliphatic hydroxyl groups excluding tert-OH is 1. The van der Waals surface area contributed by atoms with Crippen molar-refractivity contribution in [2.24, 2.45) is 0 Å². The Labute approximate surface area is 126 Å². The number of allylic oxidation sites excluding steroid dienone is 3. The van der Waals surface area contributed by atoms with Crippen LogP contribution in [0.1, 0.15) is 38.3 Å². The lowest BCUT2D eigenvalue weighted by atomic mass is 9.96. The van der Waals surface area contributed by atoms with Crippen molar-refractivity contribution in [1.82, 2.24) is 0 Å². The molecule has 0 unspecified atom stereocenters. The van der Waals surface area contributed by atoms with Crippen molar-refractivity contribution in [3.05, 3.63) is 47.1 Å². The minimum atomic E-state index is -0.585. The Morgan fingerprint density at radius 2 is 2.19 bits per heavy atom. The predicted octanol–water partition coefficient (Wildman–Crippen LogP) is 3.53. The van der Waals surface area contributed by atoms with Crippen molar-refractivity contribution in [2.75, 3.05) is 0 Å². The summed E-state index contributed by atoms with van der Waals surface area (Å²) in [5.74, 6) is 1.10. The molecule has 0 fully saturated rings. The summed E-state index contributed by atoms with van der Waals surface area (Å²) in [5, 5.41) is 20.1. The zero-order valence-electron chi connectivity index (χ0n) is 13.0. The van der Waals surface area contributed by atoms with Gasteiger partial charge in [-0.25, -0.2) is 0 Å². The van der Waals surface area contributed by atoms with E-state index in [0.717, 1.165) is 29.7 Å². The number of fused-ring (bicyclic) bond motifs is 1. The quantitative estimate of drug-likeness (QED) is 0.833. The number of ether oxygens (including phenoxy) is 1. The summed E-state index contributed by atoms with van der Waals surface area (Å²) in [7, 11) is 0. The van der Waals surface area contributed by atoms with Gasteiger partial charge in [0.15, 0.2) is 0 Å². The number of phenolic OH excluding ortho intramolecular Hbond substituents is 1. The molecule has 21 heavy (non-hydrogen) atoms. The minimum absolute atomic E-state index is 0.213. The summed E-state index contributed by atoms with van der Waals surface area (Å²) in [6.45, 7) is 5.96. The summed E-state index contributed by atoms with van der Waals surface area (Å²) in [5.41, 5.74) is 3.09. The first-order chi connectivity index (χ1) is 10.0. The van der Waals surface area contributed by atoms with Crippen LogP contribution in [0, 0.1) is 0 Å². The van der Waals surface area contributed by atoms with Crippen LogP contribution in [0.2, 0.25) is 0 Å². The molecule has 0 radical (unpaired) electrons. The second kappa shape index (κ2) is 6.81. The van der Waals surface area contributed by atoms with Crippen LogP contribution in [0.15, 0.2) is 35.9 Å². The number of aromatic hydroxyl groups is 1. The molecule has 1 aliphatic rings. The van der Waals surface area contributed by atoms with Gasteiger partial charge in [-0.15, -0.1) is 0 Å². The van der Waals surface area contributed by atoms with E-state index in [0.29, 0.717) is 12.2 Å². The van der Waals surface area contributed by atoms with Gasteiger partial charge in [0.05, 0.1) is 0 Å². The average molecular weight is 288 g/mol. The standard InChI is InChI=1S/C18H24O3/c1-4-5-15(19)17-9-8-14-10-16(20)13(7-6-12(2)3)11-18(14)21-17/h4-6,10-11,15,17,19-20H,7-9H2,1-3H3/b5-4+/t15-,17+/m0/s1. The molecule has 0 saturated heterocycles. The molecule has 3 nitrogen and oxygen atoms in total. The van der Waals surface area contributed by atoms with E-state index >= 15 is 0 Å². The highest BCUT2D eigenvalue weighted by Gasteiger charge is 2.25. The van der Waals surface area contributed by atoms with E-state index in [1.807, 2.05) is 32.9 Å². The molecule has 0 amide bonds. The number of aliphatic hydroxyl groups is 1. The molecule has 0 saturated carbocycles. The van der Waals surface area contributed by atoms with E-state index in [2.05, 4.69) is 6.08 Å². The zero-order chi connectivity index (χ0) is 15.4. The van der Waals surface area contributed by atoms with Crippen LogP contribution in [-0.4, -0.2) is 22.4 Å². The molecule has 0 spiro atoms. The van der Waals surface area contributed by atoms with E-state index in [4.69, 9.17) is 4.74 Å². The molecule has 0 aromatic heterocycles. The first kappa shape index (κ1) is 15.6. The van der Waals surface area contributed by atoms with Gasteiger partial charge in [0, 0.05) is 5.56 Å². The van der Waals surface area contributed by atoms with E-state index < -0.39 is 6.10 Å². The number of hydrogen-bond acceptors (Lipinski definition) is 3. The largest absolute Gasteiger partial charge is 0.508 e. The Bertz CT molecular complexity index is 554. The number of rotatable bonds is 4. The molecule has 1 heterocycles. The third-order valence-electron chi connectivity index (χ3n) is 3.74. The van der Waals surface area contributed by atoms with Crippen molar-refractivity contribution in [2.45, 2.75) is 52.2 Å². The third kappa shape index (κ3) is 3.88. The summed E-state index contributed by atoms with van der Waals surface area (Å²) in [6, 6.07) is 3.69. The van der Waals surface area contributed by atoms with Gasteiger partial charge in [-0.1, -0.05) is 23.8 Å². The number of aryl methyl sites for hydroxylation is 1. The molecule has 2 rings (SSSR count). The molecule has 1 aromatic rings. The van der Waals surface area contributed by atoms with Crippen LogP contribution in [0.25, 0.3) is 0 Å². The van der Waals surface area contributed by atoms with Gasteiger partial charge < -0.3 is 14.9 Å². The number of phenols is 1. The van der Waals surface area contributed by atoms with Gasteiger partial charge in [0.25, 0.3) is 0 Å². The molecule has 0 bridgehead atoms. The molecule has 2 N–H and O–H groups in total. The van der Waals surface area contributed by atoms with Gasteiger partial charge in [-0.3, -0.25) is 0 Å². The lowest BCUT2D eigenvalue weighted by Crippen LogP contribution is -2.33. The van der Waals surface area contributed by atoms with E-state index in [-0.39, 0.29) is 6.10 Å². The smallest absolute Gasteiger partial charge is 0.128 e. The Balaban J connectivity index is 2.22. The highest BCUT2D eigenvalue weighted by Crippen LogP contribution is 2.34. The summed E-state index contributed by atoms with van der Waals surface area (Å²) in [4.78, 5) is 0. The van der Waals surface area contributed by atoms with Gasteiger partial charge >= 0.3 is 0 Å². The third-order valence-corrected chi connectivity index (χ3v) is 3.74. The van der Waals surface area contributed by atoms with Gasteiger partial charge in [0.1, 0.15) is 23.7 Å². The van der Waals surface area contributed by atoms with Crippen molar-refractivity contribution >= 4 is 0 Å². The van der Waals surface area contributed by atoms with E-state index in [9.17, 15) is 10.2 Å². The first-order valence-corrected chi connectivity index (χ1v) is 7.47. The van der Waals surface area contributed by atoms with Crippen LogP contribution >= 0.6 is 0 Å². The Morgan fingerprint density at radius 1 is 1.43 bits per heavy atom. The maximum atomic E-state index is 10.1. The Kier molecular flexibility index (Phi) is 5.07. The molecular formula is C18H24O3. The fourth-order valence-corrected chi connectivity index (χ4v) is 2.52. The Hall–Kier alpha value is -1.74. The van der Waals surface area contributed by atoms with Gasteiger partial charge in [0.2, 0.25) is 0 Å². The number of hydrogen-bond donors (Lipinski definition) is 2. The molecule has 3 heteroatoms. The lowest BCUT2D eigenvalue weighted by Gasteiger charge is -2.29. The summed E-state index contributed by atoms with van der Waals surface area (Å²) < 4.78 is 5.92. The molecular weight excluding hydrogens is 264 g/mol. The maximum absolute atomic E-state index is 10.1. The minimum Gasteiger partial charge on any atom is -0.508 e. The monoisotopic (exact) mass is 288 g/mol. The molecule has 114 valence electrons. The van der Waals surface area contributed by atoms with E-state index in [1.54, 1.807) is 12.1 Å². The highest BCUT2D eigenvalue weighted by molar-refractivity contribution is 5.47. The lowest BCUT2D eigenvalue weighted by molar-refractivity contribution is 0.0526. The molecule has 2 atom stereocenters. The fourth-order valence-electron chi connectivity index (χ4n) is 2.52. The van der Waals surface area contributed by atoms with Crippen LogP contribution < -0.4 is 4.74 Å². The zero-order valence-corrected chi connectivity index (χ0v) is 13.0. The van der Waals surface area contributed by atoms with Crippen LogP contribution in [0.4, 0.5) is 0 Å². The van der Waals surface area contributed by atoms with Crippen LogP contribution in [0.3, 0.4) is 0 Å². The van der Waals surface area contributed by atoms with Crippen molar-refractivity contribution in [3.63, 3.8) is 0 Å². The van der Waals surface area contributed by atoms with Crippen LogP contribution in [0.5, 0.6) is 11.5 Å². The second-order valence-electron chi connectivity index (χ2n) is 5.79. The molecule has 1 aromatic carbocycles. The maximum Gasteiger partial charge on any atom is 0.128 e. The average Bonchev–Trinajstić information content (AvgIpc) is 2.44. The normalized spacial score (nSPS) is 19.0. The number of benzene rings is 1. The highest BCUT2D eigenvalue weighted by atomic mass is 16.5. The summed E-state index contributed by atoms with van der Waals surface area (Å²) in [6.07, 6.45) is 7.12. The molecule has 0 aliphatic carbocycles. The van der Waals surface area contributed by atoms with Gasteiger partial charge in [-0.2, -0.15) is 0 Å². The van der Waals surface area contributed by atoms with Gasteiger partial charge in [-0.05, 0) is 57.7 Å². The molecule has 1 aliphatic heterocycles. The topological polar surface area (TPSA) is 49.7 Å². The Morgan fingerprint density at radius 3 is 2.86 bits per heavy atom.